The number of hydrogen-bond acceptors (Lipinski definition) is 3. The molecule has 0 saturated heterocycles. The van der Waals surface area contributed by atoms with E-state index in [9.17, 15) is 9.59 Å². The molecule has 5 nitrogen and oxygen atoms in total. The first kappa shape index (κ1) is 14.5. The molecule has 0 aromatic heterocycles. The summed E-state index contributed by atoms with van der Waals surface area (Å²) in [5.41, 5.74) is 7.79. The molecular formula is C15H21N3O2. The van der Waals surface area contributed by atoms with Crippen LogP contribution in [0.2, 0.25) is 0 Å². The molecule has 1 aliphatic carbocycles. The molecule has 0 aliphatic heterocycles. The number of primary amides is 1. The third-order valence-corrected chi connectivity index (χ3v) is 3.54. The Hall–Kier alpha value is -1.88. The van der Waals surface area contributed by atoms with Crippen LogP contribution in [0.1, 0.15) is 41.3 Å². The van der Waals surface area contributed by atoms with E-state index in [4.69, 9.17) is 5.73 Å². The smallest absolute Gasteiger partial charge is 0.248 e. The maximum atomic E-state index is 11.8. The van der Waals surface area contributed by atoms with Crippen LogP contribution in [0.25, 0.3) is 0 Å². The molecule has 1 unspecified atom stereocenters. The summed E-state index contributed by atoms with van der Waals surface area (Å²) >= 11 is 0. The van der Waals surface area contributed by atoms with E-state index in [1.54, 1.807) is 12.1 Å². The summed E-state index contributed by atoms with van der Waals surface area (Å²) in [7, 11) is 0. The Bertz CT molecular complexity index is 524. The SMILES string of the molecule is Cc1cc(C(N)=O)ccc1CNC(C)C(=O)NC1CC1. The highest BCUT2D eigenvalue weighted by Crippen LogP contribution is 2.18. The minimum Gasteiger partial charge on any atom is -0.366 e. The van der Waals surface area contributed by atoms with Crippen molar-refractivity contribution in [3.8, 4) is 0 Å². The first-order valence-electron chi connectivity index (χ1n) is 6.90. The maximum Gasteiger partial charge on any atom is 0.248 e. The summed E-state index contributed by atoms with van der Waals surface area (Å²) in [4.78, 5) is 22.9. The van der Waals surface area contributed by atoms with Gasteiger partial charge < -0.3 is 16.4 Å². The third-order valence-electron chi connectivity index (χ3n) is 3.54. The van der Waals surface area contributed by atoms with Crippen molar-refractivity contribution in [1.29, 1.82) is 0 Å². The predicted molar refractivity (Wildman–Crippen MR) is 77.2 cm³/mol. The van der Waals surface area contributed by atoms with Crippen molar-refractivity contribution in [2.75, 3.05) is 0 Å². The predicted octanol–water partition coefficient (Wildman–Crippen LogP) is 0.851. The molecule has 1 saturated carbocycles. The quantitative estimate of drug-likeness (QED) is 0.719. The van der Waals surface area contributed by atoms with Crippen LogP contribution in [0.15, 0.2) is 18.2 Å². The van der Waals surface area contributed by atoms with E-state index in [-0.39, 0.29) is 11.9 Å². The van der Waals surface area contributed by atoms with Crippen molar-refractivity contribution >= 4 is 11.8 Å². The van der Waals surface area contributed by atoms with Crippen LogP contribution in [0.3, 0.4) is 0 Å². The lowest BCUT2D eigenvalue weighted by Gasteiger charge is -2.15. The van der Waals surface area contributed by atoms with Crippen LogP contribution in [0, 0.1) is 6.92 Å². The standard InChI is InChI=1S/C15H21N3O2/c1-9-7-11(14(16)19)3-4-12(9)8-17-10(2)15(20)18-13-5-6-13/h3-4,7,10,13,17H,5-6,8H2,1-2H3,(H2,16,19)(H,18,20). The van der Waals surface area contributed by atoms with E-state index in [1.807, 2.05) is 19.9 Å². The molecule has 0 heterocycles. The van der Waals surface area contributed by atoms with Crippen molar-refractivity contribution in [3.05, 3.63) is 34.9 Å². The fraction of sp³-hybridized carbons (Fsp3) is 0.467. The van der Waals surface area contributed by atoms with Gasteiger partial charge in [0, 0.05) is 18.2 Å². The van der Waals surface area contributed by atoms with Gasteiger partial charge in [0.2, 0.25) is 11.8 Å². The van der Waals surface area contributed by atoms with Gasteiger partial charge in [0.1, 0.15) is 0 Å². The average molecular weight is 275 g/mol. The fourth-order valence-electron chi connectivity index (χ4n) is 1.96. The molecule has 1 aromatic rings. The van der Waals surface area contributed by atoms with Gasteiger partial charge in [0.05, 0.1) is 6.04 Å². The average Bonchev–Trinajstić information content (AvgIpc) is 3.20. The second-order valence-corrected chi connectivity index (χ2v) is 5.39. The molecule has 2 rings (SSSR count). The minimum atomic E-state index is -0.426. The number of nitrogens with two attached hydrogens (primary N) is 1. The Morgan fingerprint density at radius 2 is 2.10 bits per heavy atom. The Morgan fingerprint density at radius 1 is 1.40 bits per heavy atom. The summed E-state index contributed by atoms with van der Waals surface area (Å²) < 4.78 is 0. The molecule has 2 amide bonds. The van der Waals surface area contributed by atoms with E-state index in [1.165, 1.54) is 0 Å². The Labute approximate surface area is 118 Å². The van der Waals surface area contributed by atoms with Crippen LogP contribution in [0.5, 0.6) is 0 Å². The molecule has 1 aromatic carbocycles. The van der Waals surface area contributed by atoms with Gasteiger partial charge in [-0.1, -0.05) is 6.07 Å². The molecule has 108 valence electrons. The van der Waals surface area contributed by atoms with Gasteiger partial charge >= 0.3 is 0 Å². The summed E-state index contributed by atoms with van der Waals surface area (Å²) in [5, 5.41) is 6.16. The highest BCUT2D eigenvalue weighted by Gasteiger charge is 2.25. The molecule has 1 atom stereocenters. The van der Waals surface area contributed by atoms with Crippen LogP contribution in [0.4, 0.5) is 0 Å². The molecule has 0 radical (unpaired) electrons. The number of rotatable bonds is 6. The molecule has 0 spiro atoms. The van der Waals surface area contributed by atoms with E-state index in [0.29, 0.717) is 18.2 Å². The van der Waals surface area contributed by atoms with Gasteiger partial charge in [-0.2, -0.15) is 0 Å². The molecule has 20 heavy (non-hydrogen) atoms. The maximum absolute atomic E-state index is 11.8. The number of amides is 2. The number of hydrogen-bond donors (Lipinski definition) is 3. The largest absolute Gasteiger partial charge is 0.366 e. The Balaban J connectivity index is 1.89. The highest BCUT2D eigenvalue weighted by molar-refractivity contribution is 5.93. The second-order valence-electron chi connectivity index (χ2n) is 5.39. The summed E-state index contributed by atoms with van der Waals surface area (Å²) in [5.74, 6) is -0.385. The van der Waals surface area contributed by atoms with Crippen molar-refractivity contribution in [3.63, 3.8) is 0 Å². The summed E-state index contributed by atoms with van der Waals surface area (Å²) in [6.07, 6.45) is 2.18. The van der Waals surface area contributed by atoms with Gasteiger partial charge in [-0.05, 0) is 49.9 Å². The Kier molecular flexibility index (Phi) is 4.39. The van der Waals surface area contributed by atoms with E-state index >= 15 is 0 Å². The zero-order chi connectivity index (χ0) is 14.7. The van der Waals surface area contributed by atoms with Crippen LogP contribution in [-0.2, 0) is 11.3 Å². The molecule has 0 bridgehead atoms. The minimum absolute atomic E-state index is 0.0407. The molecule has 4 N–H and O–H groups in total. The van der Waals surface area contributed by atoms with Crippen LogP contribution in [-0.4, -0.2) is 23.9 Å². The number of carbonyl (C=O) groups excluding carboxylic acids is 2. The topological polar surface area (TPSA) is 84.2 Å². The van der Waals surface area contributed by atoms with Gasteiger partial charge in [0.15, 0.2) is 0 Å². The zero-order valence-electron chi connectivity index (χ0n) is 11.9. The van der Waals surface area contributed by atoms with Crippen molar-refractivity contribution < 1.29 is 9.59 Å². The number of nitrogens with one attached hydrogen (secondary N) is 2. The van der Waals surface area contributed by atoms with E-state index in [2.05, 4.69) is 10.6 Å². The van der Waals surface area contributed by atoms with Gasteiger partial charge in [-0.25, -0.2) is 0 Å². The van der Waals surface area contributed by atoms with E-state index < -0.39 is 5.91 Å². The van der Waals surface area contributed by atoms with Gasteiger partial charge in [0.25, 0.3) is 0 Å². The summed E-state index contributed by atoms with van der Waals surface area (Å²) in [6.45, 7) is 4.37. The van der Waals surface area contributed by atoms with Gasteiger partial charge in [-0.3, -0.25) is 9.59 Å². The normalized spacial score (nSPS) is 15.7. The number of benzene rings is 1. The molecule has 1 aliphatic rings. The Morgan fingerprint density at radius 3 is 2.65 bits per heavy atom. The van der Waals surface area contributed by atoms with Crippen molar-refractivity contribution in [2.45, 2.75) is 45.3 Å². The van der Waals surface area contributed by atoms with E-state index in [0.717, 1.165) is 24.0 Å². The monoisotopic (exact) mass is 275 g/mol. The summed E-state index contributed by atoms with van der Waals surface area (Å²) in [6, 6.07) is 5.50. The lowest BCUT2D eigenvalue weighted by atomic mass is 10.0. The van der Waals surface area contributed by atoms with Gasteiger partial charge in [-0.15, -0.1) is 0 Å². The van der Waals surface area contributed by atoms with Crippen LogP contribution >= 0.6 is 0 Å². The van der Waals surface area contributed by atoms with Crippen LogP contribution < -0.4 is 16.4 Å². The molecule has 1 fully saturated rings. The third kappa shape index (κ3) is 3.81. The number of aryl methyl sites for hydroxylation is 1. The lowest BCUT2D eigenvalue weighted by Crippen LogP contribution is -2.42. The van der Waals surface area contributed by atoms with Crippen molar-refractivity contribution in [1.82, 2.24) is 10.6 Å². The zero-order valence-corrected chi connectivity index (χ0v) is 11.9. The first-order valence-corrected chi connectivity index (χ1v) is 6.90. The highest BCUT2D eigenvalue weighted by atomic mass is 16.2. The van der Waals surface area contributed by atoms with Crippen molar-refractivity contribution in [2.24, 2.45) is 5.73 Å². The lowest BCUT2D eigenvalue weighted by molar-refractivity contribution is -0.122. The number of carbonyl (C=O) groups is 2. The first-order chi connectivity index (χ1) is 9.47. The molecule has 5 heteroatoms. The molecular weight excluding hydrogens is 254 g/mol. The second kappa shape index (κ2) is 6.05. The fourth-order valence-corrected chi connectivity index (χ4v) is 1.96.